The zero-order valence-electron chi connectivity index (χ0n) is 16.6. The lowest BCUT2D eigenvalue weighted by Crippen LogP contribution is -2.42. The van der Waals surface area contributed by atoms with Crippen LogP contribution in [0.15, 0.2) is 42.5 Å². The van der Waals surface area contributed by atoms with Crippen molar-refractivity contribution in [2.45, 2.75) is 19.4 Å². The number of non-ortho nitro benzene ring substituents is 1. The zero-order valence-corrected chi connectivity index (χ0v) is 16.6. The molecular formula is C20H20N4O6. The van der Waals surface area contributed by atoms with Gasteiger partial charge in [-0.3, -0.25) is 24.6 Å². The number of imide groups is 1. The van der Waals surface area contributed by atoms with Crippen molar-refractivity contribution < 1.29 is 24.0 Å². The molecule has 0 unspecified atom stereocenters. The fourth-order valence-electron chi connectivity index (χ4n) is 3.15. The van der Waals surface area contributed by atoms with Gasteiger partial charge in [0.1, 0.15) is 17.8 Å². The molecule has 2 N–H and O–H groups in total. The number of nitrogens with zero attached hydrogens (tertiary/aromatic N) is 2. The highest BCUT2D eigenvalue weighted by Crippen LogP contribution is 2.30. The minimum atomic E-state index is -1.28. The SMILES string of the molecule is COc1cc([N+](=O)[O-])ccc1NC(=O)CN1C(=O)N[C@@](C)(c2ccc(C)cc2)C1=O. The summed E-state index contributed by atoms with van der Waals surface area (Å²) < 4.78 is 5.07. The van der Waals surface area contributed by atoms with Gasteiger partial charge >= 0.3 is 6.03 Å². The summed E-state index contributed by atoms with van der Waals surface area (Å²) in [5.74, 6) is -1.12. The third kappa shape index (κ3) is 3.79. The first kappa shape index (κ1) is 20.8. The number of carbonyl (C=O) groups excluding carboxylic acids is 3. The molecule has 1 fully saturated rings. The third-order valence-electron chi connectivity index (χ3n) is 4.88. The van der Waals surface area contributed by atoms with Crippen LogP contribution in [0.2, 0.25) is 0 Å². The van der Waals surface area contributed by atoms with Crippen LogP contribution in [0.5, 0.6) is 5.75 Å². The second-order valence-corrected chi connectivity index (χ2v) is 7.00. The number of urea groups is 1. The highest BCUT2D eigenvalue weighted by Gasteiger charge is 2.49. The molecule has 0 spiro atoms. The van der Waals surface area contributed by atoms with Crippen molar-refractivity contribution in [1.29, 1.82) is 0 Å². The Morgan fingerprint density at radius 2 is 1.90 bits per heavy atom. The second-order valence-electron chi connectivity index (χ2n) is 7.00. The number of aryl methyl sites for hydroxylation is 1. The Bertz CT molecular complexity index is 1040. The molecule has 30 heavy (non-hydrogen) atoms. The van der Waals surface area contributed by atoms with Gasteiger partial charge < -0.3 is 15.4 Å². The first-order valence-corrected chi connectivity index (χ1v) is 8.99. The lowest BCUT2D eigenvalue weighted by Gasteiger charge is -2.22. The number of hydrogen-bond donors (Lipinski definition) is 2. The number of rotatable bonds is 6. The molecule has 0 radical (unpaired) electrons. The van der Waals surface area contributed by atoms with Crippen molar-refractivity contribution in [3.8, 4) is 5.75 Å². The summed E-state index contributed by atoms with van der Waals surface area (Å²) in [5, 5.41) is 16.0. The van der Waals surface area contributed by atoms with E-state index in [-0.39, 0.29) is 17.1 Å². The summed E-state index contributed by atoms with van der Waals surface area (Å²) in [6.07, 6.45) is 0. The molecule has 2 aromatic rings. The smallest absolute Gasteiger partial charge is 0.325 e. The van der Waals surface area contributed by atoms with Crippen LogP contribution in [0, 0.1) is 17.0 Å². The van der Waals surface area contributed by atoms with Crippen LogP contribution in [0.25, 0.3) is 0 Å². The van der Waals surface area contributed by atoms with Crippen LogP contribution >= 0.6 is 0 Å². The molecule has 10 heteroatoms. The predicted molar refractivity (Wildman–Crippen MR) is 107 cm³/mol. The summed E-state index contributed by atoms with van der Waals surface area (Å²) in [7, 11) is 1.30. The molecule has 3 rings (SSSR count). The van der Waals surface area contributed by atoms with Crippen molar-refractivity contribution in [1.82, 2.24) is 10.2 Å². The fourth-order valence-corrected chi connectivity index (χ4v) is 3.15. The Labute approximate surface area is 172 Å². The Morgan fingerprint density at radius 3 is 2.50 bits per heavy atom. The van der Waals surface area contributed by atoms with Crippen LogP contribution in [0.3, 0.4) is 0 Å². The van der Waals surface area contributed by atoms with E-state index < -0.39 is 34.9 Å². The highest BCUT2D eigenvalue weighted by molar-refractivity contribution is 6.10. The average Bonchev–Trinajstić information content (AvgIpc) is 2.92. The molecule has 1 atom stereocenters. The molecule has 2 aromatic carbocycles. The van der Waals surface area contributed by atoms with Crippen LogP contribution in [-0.4, -0.2) is 41.3 Å². The Balaban J connectivity index is 1.76. The predicted octanol–water partition coefficient (Wildman–Crippen LogP) is 2.32. The monoisotopic (exact) mass is 412 g/mol. The maximum atomic E-state index is 12.9. The van der Waals surface area contributed by atoms with Crippen molar-refractivity contribution in [2.75, 3.05) is 19.0 Å². The number of ether oxygens (including phenoxy) is 1. The van der Waals surface area contributed by atoms with Gasteiger partial charge in [-0.05, 0) is 25.5 Å². The van der Waals surface area contributed by atoms with Crippen molar-refractivity contribution in [2.24, 2.45) is 0 Å². The van der Waals surface area contributed by atoms with Crippen LogP contribution in [0.4, 0.5) is 16.2 Å². The first-order chi connectivity index (χ1) is 14.2. The van der Waals surface area contributed by atoms with E-state index in [4.69, 9.17) is 4.74 Å². The summed E-state index contributed by atoms with van der Waals surface area (Å²) in [4.78, 5) is 48.9. The summed E-state index contributed by atoms with van der Waals surface area (Å²) in [6.45, 7) is 2.96. The maximum absolute atomic E-state index is 12.9. The van der Waals surface area contributed by atoms with Gasteiger partial charge in [0, 0.05) is 6.07 Å². The average molecular weight is 412 g/mol. The number of amides is 4. The van der Waals surface area contributed by atoms with Gasteiger partial charge in [-0.25, -0.2) is 4.79 Å². The lowest BCUT2D eigenvalue weighted by molar-refractivity contribution is -0.384. The van der Waals surface area contributed by atoms with Crippen LogP contribution in [-0.2, 0) is 15.1 Å². The van der Waals surface area contributed by atoms with E-state index in [1.54, 1.807) is 19.1 Å². The second kappa shape index (κ2) is 7.82. The molecule has 1 saturated heterocycles. The Hall–Kier alpha value is -3.95. The normalized spacial score (nSPS) is 18.2. The molecule has 156 valence electrons. The zero-order chi connectivity index (χ0) is 22.1. The van der Waals surface area contributed by atoms with Gasteiger partial charge in [0.05, 0.1) is 23.8 Å². The van der Waals surface area contributed by atoms with Gasteiger partial charge in [-0.15, -0.1) is 0 Å². The van der Waals surface area contributed by atoms with E-state index >= 15 is 0 Å². The molecule has 4 amide bonds. The minimum absolute atomic E-state index is 0.0826. The van der Waals surface area contributed by atoms with E-state index in [1.807, 2.05) is 19.1 Å². The van der Waals surface area contributed by atoms with Crippen molar-refractivity contribution in [3.63, 3.8) is 0 Å². The molecule has 10 nitrogen and oxygen atoms in total. The van der Waals surface area contributed by atoms with Crippen LogP contribution in [0.1, 0.15) is 18.1 Å². The number of carbonyl (C=O) groups is 3. The molecule has 0 aliphatic carbocycles. The molecule has 0 saturated carbocycles. The van der Waals surface area contributed by atoms with E-state index in [2.05, 4.69) is 10.6 Å². The fraction of sp³-hybridized carbons (Fsp3) is 0.250. The van der Waals surface area contributed by atoms with E-state index in [0.29, 0.717) is 5.56 Å². The molecule has 1 aliphatic heterocycles. The summed E-state index contributed by atoms with van der Waals surface area (Å²) in [5.41, 5.74) is 0.309. The maximum Gasteiger partial charge on any atom is 0.325 e. The molecule has 1 heterocycles. The third-order valence-corrected chi connectivity index (χ3v) is 4.88. The number of hydrogen-bond acceptors (Lipinski definition) is 6. The van der Waals surface area contributed by atoms with Crippen LogP contribution < -0.4 is 15.4 Å². The van der Waals surface area contributed by atoms with E-state index in [0.717, 1.165) is 16.5 Å². The number of benzene rings is 2. The lowest BCUT2D eigenvalue weighted by atomic mass is 9.91. The summed E-state index contributed by atoms with van der Waals surface area (Å²) in [6, 6.07) is 10.2. The van der Waals surface area contributed by atoms with Gasteiger partial charge in [0.2, 0.25) is 5.91 Å². The minimum Gasteiger partial charge on any atom is -0.494 e. The Kier molecular flexibility index (Phi) is 5.41. The topological polar surface area (TPSA) is 131 Å². The number of nitro benzene ring substituents is 1. The molecule has 0 aromatic heterocycles. The number of nitrogens with one attached hydrogen (secondary N) is 2. The van der Waals surface area contributed by atoms with E-state index in [9.17, 15) is 24.5 Å². The number of anilines is 1. The number of methoxy groups -OCH3 is 1. The van der Waals surface area contributed by atoms with Gasteiger partial charge in [0.25, 0.3) is 11.6 Å². The van der Waals surface area contributed by atoms with Gasteiger partial charge in [-0.2, -0.15) is 0 Å². The van der Waals surface area contributed by atoms with Crippen molar-refractivity contribution >= 4 is 29.2 Å². The quantitative estimate of drug-likeness (QED) is 0.425. The van der Waals surface area contributed by atoms with Gasteiger partial charge in [0.15, 0.2) is 0 Å². The standard InChI is InChI=1S/C20H20N4O6/c1-12-4-6-13(7-5-12)20(2)18(26)23(19(27)22-20)11-17(25)21-15-9-8-14(24(28)29)10-16(15)30-3/h4-10H,11H2,1-3H3,(H,21,25)(H,22,27)/t20-/m0/s1. The first-order valence-electron chi connectivity index (χ1n) is 8.99. The molecular weight excluding hydrogens is 392 g/mol. The largest absolute Gasteiger partial charge is 0.494 e. The highest BCUT2D eigenvalue weighted by atomic mass is 16.6. The van der Waals surface area contributed by atoms with E-state index in [1.165, 1.54) is 19.2 Å². The molecule has 1 aliphatic rings. The number of nitro groups is 1. The summed E-state index contributed by atoms with van der Waals surface area (Å²) >= 11 is 0. The molecule has 0 bridgehead atoms. The Morgan fingerprint density at radius 1 is 1.23 bits per heavy atom. The van der Waals surface area contributed by atoms with Crippen molar-refractivity contribution in [3.05, 3.63) is 63.7 Å². The van der Waals surface area contributed by atoms with Gasteiger partial charge in [-0.1, -0.05) is 29.8 Å².